The van der Waals surface area contributed by atoms with E-state index < -0.39 is 5.82 Å². The molecule has 2 heterocycles. The molecule has 1 atom stereocenters. The number of amidine groups is 2. The van der Waals surface area contributed by atoms with Crippen molar-refractivity contribution >= 4 is 23.6 Å². The first kappa shape index (κ1) is 17.9. The van der Waals surface area contributed by atoms with Crippen molar-refractivity contribution in [2.24, 2.45) is 9.98 Å². The Morgan fingerprint density at radius 3 is 2.86 bits per heavy atom. The van der Waals surface area contributed by atoms with Crippen molar-refractivity contribution in [2.75, 3.05) is 19.0 Å². The van der Waals surface area contributed by atoms with Gasteiger partial charge in [0.1, 0.15) is 6.29 Å². The maximum absolute atomic E-state index is 14.1. The molecule has 2 aromatic carbocycles. The van der Waals surface area contributed by atoms with Crippen LogP contribution in [0.25, 0.3) is 0 Å². The predicted molar refractivity (Wildman–Crippen MR) is 107 cm³/mol. The average Bonchev–Trinajstić information content (AvgIpc) is 3.13. The number of aldehydes is 1. The van der Waals surface area contributed by atoms with Gasteiger partial charge in [-0.25, -0.2) is 9.38 Å². The lowest BCUT2D eigenvalue weighted by molar-refractivity contribution is 0.112. The fraction of sp³-hybridized carbons (Fsp3) is 0.190. The van der Waals surface area contributed by atoms with Gasteiger partial charge in [0.2, 0.25) is 0 Å². The third-order valence-corrected chi connectivity index (χ3v) is 4.86. The van der Waals surface area contributed by atoms with Crippen LogP contribution in [0.4, 0.5) is 10.1 Å². The normalized spacial score (nSPS) is 17.7. The van der Waals surface area contributed by atoms with E-state index in [0.717, 1.165) is 23.1 Å². The average molecular weight is 378 g/mol. The van der Waals surface area contributed by atoms with Gasteiger partial charge in [-0.3, -0.25) is 9.79 Å². The number of benzene rings is 2. The Morgan fingerprint density at radius 1 is 1.29 bits per heavy atom. The molecule has 0 fully saturated rings. The summed E-state index contributed by atoms with van der Waals surface area (Å²) < 4.78 is 19.1. The SMILES string of the molecule is COc1ccc(C2CN=C3C(Nc4ccc(C=O)c(C)c4)=NC=CN32)cc1F. The second-order valence-electron chi connectivity index (χ2n) is 6.57. The van der Waals surface area contributed by atoms with Gasteiger partial charge in [0.05, 0.1) is 19.7 Å². The van der Waals surface area contributed by atoms with Gasteiger partial charge in [-0.1, -0.05) is 6.07 Å². The zero-order valence-corrected chi connectivity index (χ0v) is 15.5. The number of rotatable bonds is 4. The Kier molecular flexibility index (Phi) is 4.65. The molecule has 0 saturated heterocycles. The van der Waals surface area contributed by atoms with Gasteiger partial charge in [-0.15, -0.1) is 0 Å². The number of halogens is 1. The van der Waals surface area contributed by atoms with Gasteiger partial charge in [0, 0.05) is 23.7 Å². The third-order valence-electron chi connectivity index (χ3n) is 4.86. The Morgan fingerprint density at radius 2 is 2.14 bits per heavy atom. The van der Waals surface area contributed by atoms with E-state index >= 15 is 0 Å². The Bertz CT molecular complexity index is 1030. The molecular formula is C21H19FN4O2. The van der Waals surface area contributed by atoms with Crippen molar-refractivity contribution in [3.8, 4) is 5.75 Å². The second-order valence-corrected chi connectivity index (χ2v) is 6.57. The number of hydrogen-bond acceptors (Lipinski definition) is 6. The molecule has 0 saturated carbocycles. The highest BCUT2D eigenvalue weighted by Gasteiger charge is 2.32. The van der Waals surface area contributed by atoms with Gasteiger partial charge >= 0.3 is 0 Å². The lowest BCUT2D eigenvalue weighted by Crippen LogP contribution is -2.37. The van der Waals surface area contributed by atoms with Gasteiger partial charge in [-0.05, 0) is 48.4 Å². The number of carbonyl (C=O) groups excluding carboxylic acids is 1. The summed E-state index contributed by atoms with van der Waals surface area (Å²) >= 11 is 0. The third kappa shape index (κ3) is 3.15. The maximum Gasteiger partial charge on any atom is 0.173 e. The summed E-state index contributed by atoms with van der Waals surface area (Å²) in [6.45, 7) is 2.38. The largest absolute Gasteiger partial charge is 0.494 e. The number of anilines is 1. The number of methoxy groups -OCH3 is 1. The number of aryl methyl sites for hydroxylation is 1. The van der Waals surface area contributed by atoms with Gasteiger partial charge < -0.3 is 15.0 Å². The summed E-state index contributed by atoms with van der Waals surface area (Å²) in [5.74, 6) is 1.13. The van der Waals surface area contributed by atoms with Crippen LogP contribution >= 0.6 is 0 Å². The highest BCUT2D eigenvalue weighted by Crippen LogP contribution is 2.31. The number of nitrogens with zero attached hydrogens (tertiary/aromatic N) is 3. The molecule has 0 spiro atoms. The molecule has 7 heteroatoms. The van der Waals surface area contributed by atoms with Crippen molar-refractivity contribution in [2.45, 2.75) is 13.0 Å². The molecule has 0 aromatic heterocycles. The zero-order valence-electron chi connectivity index (χ0n) is 15.5. The molecule has 1 unspecified atom stereocenters. The number of fused-ring (bicyclic) bond motifs is 1. The van der Waals surface area contributed by atoms with Crippen LogP contribution in [0.5, 0.6) is 5.75 Å². The Balaban J connectivity index is 1.56. The van der Waals surface area contributed by atoms with Gasteiger partial charge in [0.25, 0.3) is 0 Å². The molecule has 6 nitrogen and oxygen atoms in total. The minimum Gasteiger partial charge on any atom is -0.494 e. The van der Waals surface area contributed by atoms with Crippen LogP contribution in [0.15, 0.2) is 58.8 Å². The first-order chi connectivity index (χ1) is 13.6. The molecule has 1 N–H and O–H groups in total. The van der Waals surface area contributed by atoms with Crippen molar-refractivity contribution < 1.29 is 13.9 Å². The maximum atomic E-state index is 14.1. The van der Waals surface area contributed by atoms with Crippen molar-refractivity contribution in [3.05, 3.63) is 71.3 Å². The first-order valence-electron chi connectivity index (χ1n) is 8.84. The minimum absolute atomic E-state index is 0.113. The smallest absolute Gasteiger partial charge is 0.173 e. The van der Waals surface area contributed by atoms with E-state index in [4.69, 9.17) is 4.74 Å². The lowest BCUT2D eigenvalue weighted by atomic mass is 10.1. The minimum atomic E-state index is -0.396. The van der Waals surface area contributed by atoms with E-state index in [9.17, 15) is 9.18 Å². The molecule has 0 radical (unpaired) electrons. The summed E-state index contributed by atoms with van der Waals surface area (Å²) in [6.07, 6.45) is 4.36. The highest BCUT2D eigenvalue weighted by atomic mass is 19.1. The van der Waals surface area contributed by atoms with Gasteiger partial charge in [0.15, 0.2) is 23.2 Å². The molecule has 2 aromatic rings. The number of ether oxygens (including phenoxy) is 1. The van der Waals surface area contributed by atoms with Crippen LogP contribution in [-0.2, 0) is 0 Å². The fourth-order valence-corrected chi connectivity index (χ4v) is 3.37. The van der Waals surface area contributed by atoms with E-state index in [1.807, 2.05) is 36.2 Å². The molecule has 28 heavy (non-hydrogen) atoms. The zero-order chi connectivity index (χ0) is 19.7. The number of nitrogens with one attached hydrogen (secondary N) is 1. The van der Waals surface area contributed by atoms with Crippen LogP contribution in [0.1, 0.15) is 27.5 Å². The predicted octanol–water partition coefficient (Wildman–Crippen LogP) is 3.71. The van der Waals surface area contributed by atoms with Crippen molar-refractivity contribution in [1.29, 1.82) is 0 Å². The van der Waals surface area contributed by atoms with E-state index in [2.05, 4.69) is 15.3 Å². The quantitative estimate of drug-likeness (QED) is 0.824. The highest BCUT2D eigenvalue weighted by molar-refractivity contribution is 6.45. The number of aliphatic imine (C=N–C) groups is 2. The van der Waals surface area contributed by atoms with E-state index in [0.29, 0.717) is 23.8 Å². The van der Waals surface area contributed by atoms with Crippen molar-refractivity contribution in [1.82, 2.24) is 4.90 Å². The second kappa shape index (κ2) is 7.26. The summed E-state index contributed by atoms with van der Waals surface area (Å²) in [5.41, 5.74) is 3.16. The van der Waals surface area contributed by atoms with E-state index in [-0.39, 0.29) is 11.8 Å². The summed E-state index contributed by atoms with van der Waals surface area (Å²) in [5, 5.41) is 3.26. The molecular weight excluding hydrogens is 359 g/mol. The Labute approximate surface area is 162 Å². The van der Waals surface area contributed by atoms with Crippen LogP contribution in [0.3, 0.4) is 0 Å². The van der Waals surface area contributed by atoms with Crippen LogP contribution in [0.2, 0.25) is 0 Å². The molecule has 0 bridgehead atoms. The van der Waals surface area contributed by atoms with Crippen molar-refractivity contribution in [3.63, 3.8) is 0 Å². The summed E-state index contributed by atoms with van der Waals surface area (Å²) in [4.78, 5) is 22.0. The molecule has 0 amide bonds. The van der Waals surface area contributed by atoms with Crippen LogP contribution < -0.4 is 10.1 Å². The number of hydrogen-bond donors (Lipinski definition) is 1. The number of carbonyl (C=O) groups is 1. The first-order valence-corrected chi connectivity index (χ1v) is 8.84. The Hall–Kier alpha value is -3.48. The van der Waals surface area contributed by atoms with Gasteiger partial charge in [-0.2, -0.15) is 0 Å². The molecule has 0 aliphatic carbocycles. The molecule has 142 valence electrons. The van der Waals surface area contributed by atoms with Crippen LogP contribution in [-0.4, -0.2) is 36.5 Å². The van der Waals surface area contributed by atoms with Crippen LogP contribution in [0, 0.1) is 12.7 Å². The molecule has 2 aliphatic heterocycles. The topological polar surface area (TPSA) is 66.3 Å². The molecule has 4 rings (SSSR count). The fourth-order valence-electron chi connectivity index (χ4n) is 3.37. The van der Waals surface area contributed by atoms with E-state index in [1.165, 1.54) is 13.2 Å². The molecule has 2 aliphatic rings. The summed E-state index contributed by atoms with van der Waals surface area (Å²) in [7, 11) is 1.44. The van der Waals surface area contributed by atoms with E-state index in [1.54, 1.807) is 18.3 Å². The lowest BCUT2D eigenvalue weighted by Gasteiger charge is -2.27. The monoisotopic (exact) mass is 378 g/mol. The standard InChI is InChI=1S/C21H19FN4O2/c1-13-9-16(5-3-15(13)12-27)25-20-21-24-11-18(26(21)8-7-23-20)14-4-6-19(28-2)17(22)10-14/h3-10,12,18H,11H2,1-2H3,(H,23,25). The summed E-state index contributed by atoms with van der Waals surface area (Å²) in [6, 6.07) is 10.3.